The van der Waals surface area contributed by atoms with Gasteiger partial charge in [-0.1, -0.05) is 25.8 Å². The first-order valence-electron chi connectivity index (χ1n) is 8.03. The summed E-state index contributed by atoms with van der Waals surface area (Å²) < 4.78 is 0. The van der Waals surface area contributed by atoms with Gasteiger partial charge in [-0.2, -0.15) is 5.26 Å². The van der Waals surface area contributed by atoms with Crippen molar-refractivity contribution in [2.75, 3.05) is 17.2 Å². The van der Waals surface area contributed by atoms with Gasteiger partial charge in [0, 0.05) is 18.3 Å². The molecule has 24 heavy (non-hydrogen) atoms. The molecule has 0 saturated carbocycles. The highest BCUT2D eigenvalue weighted by molar-refractivity contribution is 6.03. The summed E-state index contributed by atoms with van der Waals surface area (Å²) >= 11 is 0. The molecule has 2 aromatic rings. The summed E-state index contributed by atoms with van der Waals surface area (Å²) in [5, 5.41) is 14.9. The van der Waals surface area contributed by atoms with Crippen LogP contribution in [-0.4, -0.2) is 22.4 Å². The highest BCUT2D eigenvalue weighted by Gasteiger charge is 2.11. The van der Waals surface area contributed by atoms with E-state index < -0.39 is 0 Å². The Morgan fingerprint density at radius 1 is 1.25 bits per heavy atom. The zero-order chi connectivity index (χ0) is 17.4. The molecule has 0 bridgehead atoms. The van der Waals surface area contributed by atoms with Crippen LogP contribution in [0.5, 0.6) is 0 Å². The van der Waals surface area contributed by atoms with Crippen LogP contribution in [0, 0.1) is 18.3 Å². The Morgan fingerprint density at radius 2 is 2.08 bits per heavy atom. The van der Waals surface area contributed by atoms with Gasteiger partial charge in [-0.05, 0) is 31.5 Å². The maximum atomic E-state index is 12.4. The van der Waals surface area contributed by atoms with Crippen molar-refractivity contribution in [3.8, 4) is 6.07 Å². The molecule has 0 unspecified atom stereocenters. The molecule has 6 nitrogen and oxygen atoms in total. The quantitative estimate of drug-likeness (QED) is 0.761. The first-order chi connectivity index (χ1) is 11.6. The Morgan fingerprint density at radius 3 is 2.83 bits per heavy atom. The van der Waals surface area contributed by atoms with Gasteiger partial charge in [0.15, 0.2) is 0 Å². The van der Waals surface area contributed by atoms with Crippen LogP contribution in [0.4, 0.5) is 11.5 Å². The number of carbonyl (C=O) groups excluding carboxylic acids is 1. The molecule has 0 aliphatic rings. The molecule has 0 radical (unpaired) electrons. The minimum atomic E-state index is -0.327. The number of aromatic nitrogens is 2. The summed E-state index contributed by atoms with van der Waals surface area (Å²) in [6, 6.07) is 10.4. The summed E-state index contributed by atoms with van der Waals surface area (Å²) in [6.07, 6.45) is 3.36. The van der Waals surface area contributed by atoms with E-state index in [4.69, 9.17) is 5.26 Å². The molecule has 1 amide bonds. The monoisotopic (exact) mass is 323 g/mol. The minimum absolute atomic E-state index is 0.294. The van der Waals surface area contributed by atoms with Crippen LogP contribution in [-0.2, 0) is 0 Å². The zero-order valence-corrected chi connectivity index (χ0v) is 14.0. The largest absolute Gasteiger partial charge is 0.370 e. The number of aryl methyl sites for hydroxylation is 1. The molecule has 0 aliphatic carbocycles. The highest BCUT2D eigenvalue weighted by atomic mass is 16.1. The van der Waals surface area contributed by atoms with Gasteiger partial charge in [-0.25, -0.2) is 9.97 Å². The number of nitrogens with zero attached hydrogens (tertiary/aromatic N) is 3. The van der Waals surface area contributed by atoms with Crippen LogP contribution in [0.15, 0.2) is 30.3 Å². The number of rotatable bonds is 7. The number of carbonyl (C=O) groups is 1. The van der Waals surface area contributed by atoms with Crippen molar-refractivity contribution >= 4 is 17.4 Å². The maximum absolute atomic E-state index is 12.4. The number of anilines is 2. The van der Waals surface area contributed by atoms with Crippen LogP contribution >= 0.6 is 0 Å². The van der Waals surface area contributed by atoms with E-state index in [0.717, 1.165) is 25.8 Å². The second-order valence-electron chi connectivity index (χ2n) is 5.47. The van der Waals surface area contributed by atoms with Gasteiger partial charge in [0.05, 0.1) is 11.6 Å². The van der Waals surface area contributed by atoms with Crippen molar-refractivity contribution < 1.29 is 4.79 Å². The summed E-state index contributed by atoms with van der Waals surface area (Å²) in [5.74, 6) is 0.855. The normalized spacial score (nSPS) is 10.0. The number of unbranched alkanes of at least 4 members (excludes halogenated alkanes) is 2. The first kappa shape index (κ1) is 17.4. The molecule has 2 rings (SSSR count). The van der Waals surface area contributed by atoms with Gasteiger partial charge in [0.1, 0.15) is 17.3 Å². The molecular weight excluding hydrogens is 302 g/mol. The van der Waals surface area contributed by atoms with Crippen molar-refractivity contribution in [2.24, 2.45) is 0 Å². The second-order valence-corrected chi connectivity index (χ2v) is 5.47. The first-order valence-corrected chi connectivity index (χ1v) is 8.03. The number of nitriles is 1. The standard InChI is InChI=1S/C18H21N5O/c1-3-4-5-9-20-17-11-16(21-13(2)22-17)18(24)23-15-8-6-7-14(10-15)12-19/h6-8,10-11H,3-5,9H2,1-2H3,(H,23,24)(H,20,21,22). The Kier molecular flexibility index (Phi) is 6.26. The number of amides is 1. The lowest BCUT2D eigenvalue weighted by atomic mass is 10.2. The van der Waals surface area contributed by atoms with E-state index in [2.05, 4.69) is 27.5 Å². The zero-order valence-electron chi connectivity index (χ0n) is 14.0. The van der Waals surface area contributed by atoms with Crippen molar-refractivity contribution in [1.29, 1.82) is 5.26 Å². The summed E-state index contributed by atoms with van der Waals surface area (Å²) in [5.41, 5.74) is 1.35. The summed E-state index contributed by atoms with van der Waals surface area (Å²) in [4.78, 5) is 20.9. The molecule has 0 fully saturated rings. The Hall–Kier alpha value is -2.94. The SMILES string of the molecule is CCCCCNc1cc(C(=O)Nc2cccc(C#N)c2)nc(C)n1. The van der Waals surface area contributed by atoms with Crippen molar-refractivity contribution in [1.82, 2.24) is 9.97 Å². The molecule has 0 atom stereocenters. The average Bonchev–Trinajstić information content (AvgIpc) is 2.58. The topological polar surface area (TPSA) is 90.7 Å². The van der Waals surface area contributed by atoms with Crippen molar-refractivity contribution in [3.05, 3.63) is 47.4 Å². The number of nitrogens with one attached hydrogen (secondary N) is 2. The second kappa shape index (κ2) is 8.63. The smallest absolute Gasteiger partial charge is 0.274 e. The summed E-state index contributed by atoms with van der Waals surface area (Å²) in [6.45, 7) is 4.72. The number of benzene rings is 1. The lowest BCUT2D eigenvalue weighted by Gasteiger charge is -2.09. The Labute approximate surface area is 142 Å². The molecule has 6 heteroatoms. The third-order valence-corrected chi connectivity index (χ3v) is 3.41. The van der Waals surface area contributed by atoms with Crippen LogP contribution in [0.1, 0.15) is 48.1 Å². The van der Waals surface area contributed by atoms with Gasteiger partial charge in [-0.3, -0.25) is 4.79 Å². The summed E-state index contributed by atoms with van der Waals surface area (Å²) in [7, 11) is 0. The fourth-order valence-corrected chi connectivity index (χ4v) is 2.23. The van der Waals surface area contributed by atoms with Crippen LogP contribution in [0.25, 0.3) is 0 Å². The maximum Gasteiger partial charge on any atom is 0.274 e. The lowest BCUT2D eigenvalue weighted by molar-refractivity contribution is 0.102. The van der Waals surface area contributed by atoms with Crippen LogP contribution in [0.2, 0.25) is 0 Å². The van der Waals surface area contributed by atoms with E-state index in [1.54, 1.807) is 37.3 Å². The van der Waals surface area contributed by atoms with E-state index in [9.17, 15) is 4.79 Å². The molecule has 124 valence electrons. The van der Waals surface area contributed by atoms with Gasteiger partial charge in [0.2, 0.25) is 0 Å². The van der Waals surface area contributed by atoms with Gasteiger partial charge in [-0.15, -0.1) is 0 Å². The minimum Gasteiger partial charge on any atom is -0.370 e. The highest BCUT2D eigenvalue weighted by Crippen LogP contribution is 2.13. The van der Waals surface area contributed by atoms with Gasteiger partial charge in [0.25, 0.3) is 5.91 Å². The van der Waals surface area contributed by atoms with Crippen molar-refractivity contribution in [2.45, 2.75) is 33.1 Å². The van der Waals surface area contributed by atoms with E-state index in [-0.39, 0.29) is 5.91 Å². The van der Waals surface area contributed by atoms with E-state index in [1.165, 1.54) is 0 Å². The third kappa shape index (κ3) is 5.06. The Balaban J connectivity index is 2.08. The van der Waals surface area contributed by atoms with Gasteiger partial charge < -0.3 is 10.6 Å². The fraction of sp³-hybridized carbons (Fsp3) is 0.333. The van der Waals surface area contributed by atoms with E-state index >= 15 is 0 Å². The van der Waals surface area contributed by atoms with E-state index in [1.807, 2.05) is 6.07 Å². The van der Waals surface area contributed by atoms with Crippen molar-refractivity contribution in [3.63, 3.8) is 0 Å². The van der Waals surface area contributed by atoms with E-state index in [0.29, 0.717) is 28.6 Å². The van der Waals surface area contributed by atoms with Gasteiger partial charge >= 0.3 is 0 Å². The molecule has 1 heterocycles. The number of hydrogen-bond donors (Lipinski definition) is 2. The third-order valence-electron chi connectivity index (χ3n) is 3.41. The molecule has 1 aromatic carbocycles. The molecule has 0 spiro atoms. The van der Waals surface area contributed by atoms with Crippen LogP contribution < -0.4 is 10.6 Å². The molecule has 0 saturated heterocycles. The average molecular weight is 323 g/mol. The molecule has 2 N–H and O–H groups in total. The number of hydrogen-bond acceptors (Lipinski definition) is 5. The molecular formula is C18H21N5O. The fourth-order valence-electron chi connectivity index (χ4n) is 2.23. The molecule has 0 aliphatic heterocycles. The predicted octanol–water partition coefficient (Wildman–Crippen LogP) is 3.51. The lowest BCUT2D eigenvalue weighted by Crippen LogP contribution is -2.16. The predicted molar refractivity (Wildman–Crippen MR) is 93.9 cm³/mol. The van der Waals surface area contributed by atoms with Crippen LogP contribution in [0.3, 0.4) is 0 Å². The molecule has 1 aromatic heterocycles. The Bertz CT molecular complexity index is 751.